The van der Waals surface area contributed by atoms with Gasteiger partial charge < -0.3 is 9.05 Å². The fourth-order valence-corrected chi connectivity index (χ4v) is 7.99. The third-order valence-electron chi connectivity index (χ3n) is 5.31. The predicted molar refractivity (Wildman–Crippen MR) is 103 cm³/mol. The highest BCUT2D eigenvalue weighted by atomic mass is 31.2. The van der Waals surface area contributed by atoms with Crippen LogP contribution >= 0.6 is 15.3 Å². The molecule has 8 nitrogen and oxygen atoms in total. The summed E-state index contributed by atoms with van der Waals surface area (Å²) in [5, 5.41) is 0. The molecule has 1 unspecified atom stereocenters. The lowest BCUT2D eigenvalue weighted by molar-refractivity contribution is 0.287. The van der Waals surface area contributed by atoms with Crippen LogP contribution in [0.25, 0.3) is 0 Å². The Labute approximate surface area is 160 Å². The average molecular weight is 412 g/mol. The second-order valence-corrected chi connectivity index (χ2v) is 12.1. The maximum Gasteiger partial charge on any atom is 0.395 e. The van der Waals surface area contributed by atoms with E-state index >= 15 is 0 Å². The van der Waals surface area contributed by atoms with E-state index in [1.807, 2.05) is 18.7 Å². The monoisotopic (exact) mass is 412 g/mol. The van der Waals surface area contributed by atoms with Gasteiger partial charge in [0.25, 0.3) is 0 Å². The second-order valence-electron chi connectivity index (χ2n) is 7.51. The van der Waals surface area contributed by atoms with Crippen molar-refractivity contribution >= 4 is 15.3 Å². The second kappa shape index (κ2) is 6.87. The third-order valence-corrected chi connectivity index (χ3v) is 10.7. The number of hydrogen-bond donors (Lipinski definition) is 0. The smallest absolute Gasteiger partial charge is 0.395 e. The number of benzene rings is 1. The molecule has 4 heterocycles. The SMILES string of the molecule is O=P(Oc1ccc(OP(=O)(N2CC2)N2CC2)cc1)(N1CCCCC1)N1CC1. The van der Waals surface area contributed by atoms with Crippen molar-refractivity contribution in [2.24, 2.45) is 0 Å². The molecule has 0 N–H and O–H groups in total. The lowest BCUT2D eigenvalue weighted by Gasteiger charge is -2.34. The maximum absolute atomic E-state index is 13.5. The van der Waals surface area contributed by atoms with Gasteiger partial charge in [-0.25, -0.2) is 27.8 Å². The standard InChI is InChI=1S/C17H26N4O4P2/c22-26(19-10-11-19,18-8-2-1-3-9-18)24-16-4-6-17(7-5-16)25-27(23,20-12-13-20)21-14-15-21/h4-7H,1-3,8-15H2. The zero-order valence-corrected chi connectivity index (χ0v) is 17.2. The Kier molecular flexibility index (Phi) is 4.62. The van der Waals surface area contributed by atoms with Gasteiger partial charge in [0.1, 0.15) is 11.5 Å². The summed E-state index contributed by atoms with van der Waals surface area (Å²) in [4.78, 5) is 0. The first-order valence-corrected chi connectivity index (χ1v) is 12.9. The van der Waals surface area contributed by atoms with Crippen molar-refractivity contribution in [2.45, 2.75) is 19.3 Å². The van der Waals surface area contributed by atoms with E-state index in [0.717, 1.165) is 65.2 Å². The molecule has 0 amide bonds. The van der Waals surface area contributed by atoms with Crippen LogP contribution < -0.4 is 9.05 Å². The van der Waals surface area contributed by atoms with Crippen LogP contribution in [0.2, 0.25) is 0 Å². The third kappa shape index (κ3) is 3.71. The van der Waals surface area contributed by atoms with Crippen molar-refractivity contribution in [1.29, 1.82) is 0 Å². The average Bonchev–Trinajstić information content (AvgIpc) is 3.51. The maximum atomic E-state index is 13.5. The van der Waals surface area contributed by atoms with Crippen molar-refractivity contribution in [1.82, 2.24) is 18.7 Å². The van der Waals surface area contributed by atoms with Gasteiger partial charge in [0.15, 0.2) is 0 Å². The van der Waals surface area contributed by atoms with Crippen LogP contribution in [0.15, 0.2) is 24.3 Å². The van der Waals surface area contributed by atoms with Gasteiger partial charge in [0, 0.05) is 52.4 Å². The lowest BCUT2D eigenvalue weighted by Crippen LogP contribution is -2.31. The highest BCUT2D eigenvalue weighted by Crippen LogP contribution is 2.61. The van der Waals surface area contributed by atoms with Crippen molar-refractivity contribution in [3.05, 3.63) is 24.3 Å². The zero-order valence-electron chi connectivity index (χ0n) is 15.4. The van der Waals surface area contributed by atoms with Crippen LogP contribution in [-0.2, 0) is 9.13 Å². The minimum absolute atomic E-state index is 0.559. The molecule has 5 rings (SSSR count). The summed E-state index contributed by atoms with van der Waals surface area (Å²) < 4.78 is 46.2. The molecule has 1 aromatic carbocycles. The molecule has 27 heavy (non-hydrogen) atoms. The molecule has 4 aliphatic heterocycles. The van der Waals surface area contributed by atoms with Gasteiger partial charge in [-0.15, -0.1) is 0 Å². The van der Waals surface area contributed by atoms with Gasteiger partial charge in [-0.3, -0.25) is 0 Å². The molecular weight excluding hydrogens is 386 g/mol. The van der Waals surface area contributed by atoms with Gasteiger partial charge >= 0.3 is 15.3 Å². The summed E-state index contributed by atoms with van der Waals surface area (Å²) in [6.07, 6.45) is 3.32. The van der Waals surface area contributed by atoms with Gasteiger partial charge in [-0.05, 0) is 37.1 Å². The van der Waals surface area contributed by atoms with Crippen LogP contribution in [0.5, 0.6) is 11.5 Å². The van der Waals surface area contributed by atoms with Crippen LogP contribution in [-0.4, -0.2) is 71.0 Å². The molecule has 10 heteroatoms. The summed E-state index contributed by atoms with van der Waals surface area (Å²) in [5.41, 5.74) is 0. The van der Waals surface area contributed by atoms with E-state index < -0.39 is 15.3 Å². The van der Waals surface area contributed by atoms with Gasteiger partial charge in [-0.1, -0.05) is 6.42 Å². The molecule has 0 spiro atoms. The zero-order chi connectivity index (χ0) is 18.5. The number of piperidine rings is 1. The van der Waals surface area contributed by atoms with Crippen LogP contribution in [0.1, 0.15) is 19.3 Å². The molecule has 148 valence electrons. The van der Waals surface area contributed by atoms with E-state index in [2.05, 4.69) is 0 Å². The first-order valence-electron chi connectivity index (χ1n) is 9.79. The Morgan fingerprint density at radius 1 is 0.556 bits per heavy atom. The van der Waals surface area contributed by atoms with E-state index in [-0.39, 0.29) is 0 Å². The largest absolute Gasteiger partial charge is 0.422 e. The molecule has 1 aromatic rings. The van der Waals surface area contributed by atoms with Gasteiger partial charge in [0.2, 0.25) is 0 Å². The summed E-state index contributed by atoms with van der Waals surface area (Å²) >= 11 is 0. The Balaban J connectivity index is 1.29. The van der Waals surface area contributed by atoms with Gasteiger partial charge in [-0.2, -0.15) is 0 Å². The Hall–Kier alpha value is -0.880. The van der Waals surface area contributed by atoms with E-state index in [9.17, 15) is 9.13 Å². The Morgan fingerprint density at radius 3 is 1.22 bits per heavy atom. The predicted octanol–water partition coefficient (Wildman–Crippen LogP) is 3.09. The van der Waals surface area contributed by atoms with Crippen molar-refractivity contribution < 1.29 is 18.2 Å². The molecule has 0 aromatic heterocycles. The van der Waals surface area contributed by atoms with E-state index in [0.29, 0.717) is 11.5 Å². The molecule has 0 bridgehead atoms. The molecule has 1 atom stereocenters. The molecule has 4 fully saturated rings. The van der Waals surface area contributed by atoms with Crippen molar-refractivity contribution in [2.75, 3.05) is 52.4 Å². The normalized spacial score (nSPS) is 26.4. The highest BCUT2D eigenvalue weighted by Gasteiger charge is 2.50. The molecule has 0 saturated carbocycles. The quantitative estimate of drug-likeness (QED) is 0.477. The first-order chi connectivity index (χ1) is 13.1. The Morgan fingerprint density at radius 2 is 0.889 bits per heavy atom. The molecule has 0 radical (unpaired) electrons. The Bertz CT molecular complexity index is 771. The molecule has 4 saturated heterocycles. The molecular formula is C17H26N4O4P2. The van der Waals surface area contributed by atoms with E-state index in [1.165, 1.54) is 6.42 Å². The fraction of sp³-hybridized carbons (Fsp3) is 0.647. The summed E-state index contributed by atoms with van der Waals surface area (Å²) in [6.45, 7) is 6.59. The van der Waals surface area contributed by atoms with E-state index in [4.69, 9.17) is 9.05 Å². The summed E-state index contributed by atoms with van der Waals surface area (Å²) in [6, 6.07) is 7.06. The van der Waals surface area contributed by atoms with Crippen molar-refractivity contribution in [3.8, 4) is 11.5 Å². The van der Waals surface area contributed by atoms with Crippen LogP contribution in [0.3, 0.4) is 0 Å². The molecule has 4 aliphatic rings. The van der Waals surface area contributed by atoms with E-state index in [1.54, 1.807) is 24.3 Å². The number of rotatable bonds is 8. The number of hydrogen-bond acceptors (Lipinski definition) is 4. The minimum atomic E-state index is -2.99. The summed E-state index contributed by atoms with van der Waals surface area (Å²) in [7, 11) is -5.88. The molecule has 0 aliphatic carbocycles. The van der Waals surface area contributed by atoms with Crippen LogP contribution in [0.4, 0.5) is 0 Å². The number of nitrogens with zero attached hydrogens (tertiary/aromatic N) is 4. The minimum Gasteiger partial charge on any atom is -0.422 e. The van der Waals surface area contributed by atoms with Gasteiger partial charge in [0.05, 0.1) is 0 Å². The van der Waals surface area contributed by atoms with Crippen LogP contribution in [0, 0.1) is 0 Å². The lowest BCUT2D eigenvalue weighted by atomic mass is 10.2. The first kappa shape index (κ1) is 18.2. The fourth-order valence-electron chi connectivity index (χ4n) is 3.45. The highest BCUT2D eigenvalue weighted by molar-refractivity contribution is 7.55. The summed E-state index contributed by atoms with van der Waals surface area (Å²) in [5.74, 6) is 1.13. The topological polar surface area (TPSA) is 64.9 Å². The van der Waals surface area contributed by atoms with Crippen molar-refractivity contribution in [3.63, 3.8) is 0 Å².